The van der Waals surface area contributed by atoms with Crippen LogP contribution in [-0.4, -0.2) is 36.7 Å². The van der Waals surface area contributed by atoms with Crippen LogP contribution >= 0.6 is 0 Å². The van der Waals surface area contributed by atoms with Gasteiger partial charge >= 0.3 is 6.03 Å². The van der Waals surface area contributed by atoms with Crippen molar-refractivity contribution in [2.24, 2.45) is 5.92 Å². The van der Waals surface area contributed by atoms with Crippen LogP contribution < -0.4 is 15.0 Å². The lowest BCUT2D eigenvalue weighted by molar-refractivity contribution is 0.249. The lowest BCUT2D eigenvalue weighted by Gasteiger charge is -2.21. The van der Waals surface area contributed by atoms with Crippen molar-refractivity contribution in [1.29, 1.82) is 0 Å². The second kappa shape index (κ2) is 4.76. The normalized spacial score (nSPS) is 24.7. The van der Waals surface area contributed by atoms with E-state index in [4.69, 9.17) is 4.74 Å². The molecule has 1 fully saturated rings. The van der Waals surface area contributed by atoms with Crippen LogP contribution in [0.25, 0.3) is 0 Å². The first-order chi connectivity index (χ1) is 10.7. The van der Waals surface area contributed by atoms with E-state index < -0.39 is 0 Å². The molecule has 2 aliphatic rings. The summed E-state index contributed by atoms with van der Waals surface area (Å²) < 4.78 is 5.87. The maximum Gasteiger partial charge on any atom is 0.321 e. The van der Waals surface area contributed by atoms with Crippen LogP contribution in [-0.2, 0) is 0 Å². The summed E-state index contributed by atoms with van der Waals surface area (Å²) in [5, 5.41) is 2.64. The molecule has 4 rings (SSSR count). The highest BCUT2D eigenvalue weighted by atomic mass is 16.5. The Morgan fingerprint density at radius 2 is 2.32 bits per heavy atom. The fourth-order valence-corrected chi connectivity index (χ4v) is 3.47. The van der Waals surface area contributed by atoms with Crippen LogP contribution in [0.4, 0.5) is 10.5 Å². The zero-order valence-corrected chi connectivity index (χ0v) is 12.5. The zero-order chi connectivity index (χ0) is 15.3. The highest BCUT2D eigenvalue weighted by molar-refractivity contribution is 5.91. The molecule has 114 valence electrons. The minimum Gasteiger partial charge on any atom is -0.493 e. The average molecular weight is 298 g/mol. The summed E-state index contributed by atoms with van der Waals surface area (Å²) in [6, 6.07) is 5.81. The van der Waals surface area contributed by atoms with Crippen molar-refractivity contribution in [2.45, 2.75) is 11.8 Å². The smallest absolute Gasteiger partial charge is 0.321 e. The monoisotopic (exact) mass is 298 g/mol. The molecule has 2 N–H and O–H groups in total. The van der Waals surface area contributed by atoms with Crippen LogP contribution in [0.5, 0.6) is 5.75 Å². The van der Waals surface area contributed by atoms with E-state index in [1.165, 1.54) is 5.56 Å². The predicted octanol–water partition coefficient (Wildman–Crippen LogP) is 2.07. The van der Waals surface area contributed by atoms with Gasteiger partial charge in [0.1, 0.15) is 5.75 Å². The number of rotatable bonds is 2. The number of nitrogens with one attached hydrogen (secondary N) is 2. The highest BCUT2D eigenvalue weighted by Gasteiger charge is 2.56. The number of carbonyl (C=O) groups excluding carboxylic acids is 1. The largest absolute Gasteiger partial charge is 0.493 e. The number of hydrogen-bond acceptors (Lipinski definition) is 3. The van der Waals surface area contributed by atoms with Gasteiger partial charge in [-0.3, -0.25) is 4.90 Å². The van der Waals surface area contributed by atoms with Gasteiger partial charge < -0.3 is 15.0 Å². The Hall–Kier alpha value is -2.50. The second-order valence-corrected chi connectivity index (χ2v) is 5.86. The fourth-order valence-electron chi connectivity index (χ4n) is 3.47. The van der Waals surface area contributed by atoms with Crippen molar-refractivity contribution in [3.63, 3.8) is 0 Å². The van der Waals surface area contributed by atoms with Gasteiger partial charge in [0.25, 0.3) is 0 Å². The molecule has 0 bridgehead atoms. The first-order valence-corrected chi connectivity index (χ1v) is 7.41. The maximum atomic E-state index is 11.8. The number of fused-ring (bicyclic) bond motifs is 3. The number of urea groups is 1. The van der Waals surface area contributed by atoms with Crippen LogP contribution in [0, 0.1) is 5.92 Å². The zero-order valence-electron chi connectivity index (χ0n) is 12.5. The summed E-state index contributed by atoms with van der Waals surface area (Å²) in [6.07, 6.45) is 3.68. The summed E-state index contributed by atoms with van der Waals surface area (Å²) >= 11 is 0. The highest BCUT2D eigenvalue weighted by Crippen LogP contribution is 2.64. The van der Waals surface area contributed by atoms with Crippen molar-refractivity contribution >= 4 is 11.7 Å². The number of carbonyl (C=O) groups is 1. The molecule has 1 saturated carbocycles. The third-order valence-corrected chi connectivity index (χ3v) is 4.72. The van der Waals surface area contributed by atoms with Gasteiger partial charge in [-0.2, -0.15) is 0 Å². The van der Waals surface area contributed by atoms with E-state index in [2.05, 4.69) is 21.4 Å². The fraction of sp³-hybridized carbons (Fsp3) is 0.375. The van der Waals surface area contributed by atoms with Gasteiger partial charge in [0.15, 0.2) is 0 Å². The number of aromatic amines is 1. The Balaban J connectivity index is 1.67. The Morgan fingerprint density at radius 3 is 3.05 bits per heavy atom. The molecule has 1 unspecified atom stereocenters. The van der Waals surface area contributed by atoms with Gasteiger partial charge in [-0.25, -0.2) is 9.78 Å². The molecule has 1 aliphatic heterocycles. The number of nitrogens with zero attached hydrogens (tertiary/aromatic N) is 2. The van der Waals surface area contributed by atoms with E-state index >= 15 is 0 Å². The lowest BCUT2D eigenvalue weighted by atomic mass is 10.0. The van der Waals surface area contributed by atoms with Gasteiger partial charge in [0.2, 0.25) is 0 Å². The maximum absolute atomic E-state index is 11.8. The van der Waals surface area contributed by atoms with Crippen molar-refractivity contribution in [3.8, 4) is 5.75 Å². The SMILES string of the molecule is CNC(=O)N(C)c1ccc2c(c1)[C@H]1C(c3c[nH]cn3)[C@H]1CO2. The number of benzene rings is 1. The molecular weight excluding hydrogens is 280 g/mol. The molecule has 3 atom stereocenters. The number of anilines is 1. The number of amides is 2. The molecule has 6 heteroatoms. The van der Waals surface area contributed by atoms with E-state index in [1.54, 1.807) is 25.3 Å². The Labute approximate surface area is 128 Å². The Bertz CT molecular complexity index is 713. The van der Waals surface area contributed by atoms with Crippen LogP contribution in [0.15, 0.2) is 30.7 Å². The average Bonchev–Trinajstić information content (AvgIpc) is 3.05. The molecule has 22 heavy (non-hydrogen) atoms. The van der Waals surface area contributed by atoms with Crippen LogP contribution in [0.1, 0.15) is 23.1 Å². The molecular formula is C16H18N4O2. The first-order valence-electron chi connectivity index (χ1n) is 7.41. The van der Waals surface area contributed by atoms with E-state index in [0.29, 0.717) is 17.8 Å². The third kappa shape index (κ3) is 1.87. The van der Waals surface area contributed by atoms with Gasteiger partial charge in [0, 0.05) is 49.3 Å². The summed E-state index contributed by atoms with van der Waals surface area (Å²) in [5.74, 6) is 2.25. The number of ether oxygens (including phenoxy) is 1. The minimum absolute atomic E-state index is 0.132. The summed E-state index contributed by atoms with van der Waals surface area (Å²) in [6.45, 7) is 0.736. The van der Waals surface area contributed by atoms with Gasteiger partial charge in [0.05, 0.1) is 18.6 Å². The van der Waals surface area contributed by atoms with Crippen LogP contribution in [0.2, 0.25) is 0 Å². The Morgan fingerprint density at radius 1 is 1.45 bits per heavy atom. The minimum atomic E-state index is -0.132. The summed E-state index contributed by atoms with van der Waals surface area (Å²) in [5.41, 5.74) is 3.14. The molecule has 2 heterocycles. The van der Waals surface area contributed by atoms with Crippen molar-refractivity contribution in [1.82, 2.24) is 15.3 Å². The van der Waals surface area contributed by atoms with E-state index in [0.717, 1.165) is 23.7 Å². The third-order valence-electron chi connectivity index (χ3n) is 4.72. The molecule has 1 aromatic carbocycles. The lowest BCUT2D eigenvalue weighted by Crippen LogP contribution is -2.34. The summed E-state index contributed by atoms with van der Waals surface area (Å²) in [7, 11) is 3.39. The molecule has 0 spiro atoms. The predicted molar refractivity (Wildman–Crippen MR) is 82.4 cm³/mol. The molecule has 1 aliphatic carbocycles. The first kappa shape index (κ1) is 13.2. The quantitative estimate of drug-likeness (QED) is 0.891. The number of aromatic nitrogens is 2. The number of H-pyrrole nitrogens is 1. The number of imidazole rings is 1. The summed E-state index contributed by atoms with van der Waals surface area (Å²) in [4.78, 5) is 20.8. The standard InChI is InChI=1S/C16H18N4O2/c1-17-16(21)20(2)9-3-4-13-10(5-9)14-11(7-22-13)15(14)12-6-18-8-19-12/h3-6,8,11,14-15H,7H2,1-2H3,(H,17,21)(H,18,19)/t11-,14+,15?/m0/s1. The molecule has 0 saturated heterocycles. The number of hydrogen-bond donors (Lipinski definition) is 2. The van der Waals surface area contributed by atoms with Gasteiger partial charge in [-0.05, 0) is 18.2 Å². The van der Waals surface area contributed by atoms with Crippen molar-refractivity contribution < 1.29 is 9.53 Å². The van der Waals surface area contributed by atoms with Crippen molar-refractivity contribution in [3.05, 3.63) is 42.0 Å². The van der Waals surface area contributed by atoms with E-state index in [1.807, 2.05) is 18.3 Å². The molecule has 1 aromatic heterocycles. The molecule has 2 aromatic rings. The van der Waals surface area contributed by atoms with Gasteiger partial charge in [-0.1, -0.05) is 0 Å². The molecule has 2 amide bonds. The molecule has 6 nitrogen and oxygen atoms in total. The second-order valence-electron chi connectivity index (χ2n) is 5.86. The molecule has 0 radical (unpaired) electrons. The van der Waals surface area contributed by atoms with E-state index in [-0.39, 0.29) is 6.03 Å². The topological polar surface area (TPSA) is 70.2 Å². The van der Waals surface area contributed by atoms with Crippen LogP contribution in [0.3, 0.4) is 0 Å². The van der Waals surface area contributed by atoms with Crippen molar-refractivity contribution in [2.75, 3.05) is 25.6 Å². The van der Waals surface area contributed by atoms with Gasteiger partial charge in [-0.15, -0.1) is 0 Å². The Kier molecular flexibility index (Phi) is 2.85. The van der Waals surface area contributed by atoms with E-state index in [9.17, 15) is 4.79 Å².